The largest absolute Gasteiger partial charge is 0.507 e. The zero-order valence-electron chi connectivity index (χ0n) is 19.4. The number of ketones is 1. The molecule has 1 N–H and O–H groups in total. The predicted molar refractivity (Wildman–Crippen MR) is 131 cm³/mol. The van der Waals surface area contributed by atoms with E-state index in [2.05, 4.69) is 29.8 Å². The Morgan fingerprint density at radius 1 is 1.18 bits per heavy atom. The van der Waals surface area contributed by atoms with Gasteiger partial charge in [-0.1, -0.05) is 41.9 Å². The highest BCUT2D eigenvalue weighted by Gasteiger charge is 2.45. The third kappa shape index (κ3) is 5.65. The third-order valence-electron chi connectivity index (χ3n) is 5.47. The molecule has 1 fully saturated rings. The first-order chi connectivity index (χ1) is 15.7. The molecule has 0 aliphatic carbocycles. The van der Waals surface area contributed by atoms with Gasteiger partial charge in [-0.25, -0.2) is 0 Å². The summed E-state index contributed by atoms with van der Waals surface area (Å²) in [6.07, 6.45) is 0.578. The van der Waals surface area contributed by atoms with Crippen molar-refractivity contribution < 1.29 is 24.2 Å². The molecule has 0 bridgehead atoms. The van der Waals surface area contributed by atoms with Crippen LogP contribution in [0.2, 0.25) is 0 Å². The molecule has 3 rings (SSSR count). The Balaban J connectivity index is 2.06. The van der Waals surface area contributed by atoms with E-state index >= 15 is 0 Å². The number of carbonyl (C=O) groups is 2. The smallest absolute Gasteiger partial charge is 0.295 e. The van der Waals surface area contributed by atoms with Crippen LogP contribution in [0.25, 0.3) is 5.76 Å². The van der Waals surface area contributed by atoms with E-state index in [1.54, 1.807) is 25.3 Å². The van der Waals surface area contributed by atoms with Crippen molar-refractivity contribution in [2.24, 2.45) is 5.92 Å². The maximum absolute atomic E-state index is 13.1. The number of Topliss-reactive ketones (excluding diaryl/α,β-unsaturated/α-hetero) is 1. The second kappa shape index (κ2) is 11.0. The number of nitrogens with zero attached hydrogens (tertiary/aromatic N) is 1. The van der Waals surface area contributed by atoms with Gasteiger partial charge in [-0.2, -0.15) is 0 Å². The van der Waals surface area contributed by atoms with Crippen LogP contribution >= 0.6 is 15.9 Å². The summed E-state index contributed by atoms with van der Waals surface area (Å²) in [7, 11) is 1.59. The molecule has 0 spiro atoms. The third-order valence-corrected chi connectivity index (χ3v) is 5.97. The minimum atomic E-state index is -0.687. The number of carbonyl (C=O) groups excluding carboxylic acids is 2. The maximum Gasteiger partial charge on any atom is 0.295 e. The summed E-state index contributed by atoms with van der Waals surface area (Å²) < 4.78 is 11.8. The zero-order chi connectivity index (χ0) is 24.1. The number of amides is 1. The van der Waals surface area contributed by atoms with Crippen LogP contribution in [-0.2, 0) is 14.3 Å². The summed E-state index contributed by atoms with van der Waals surface area (Å²) in [5.41, 5.74) is 2.15. The van der Waals surface area contributed by atoms with Crippen molar-refractivity contribution in [1.82, 2.24) is 4.90 Å². The lowest BCUT2D eigenvalue weighted by Gasteiger charge is -2.25. The molecule has 0 unspecified atom stereocenters. The van der Waals surface area contributed by atoms with E-state index in [1.165, 1.54) is 4.90 Å². The Morgan fingerprint density at radius 3 is 2.58 bits per heavy atom. The first-order valence-electron chi connectivity index (χ1n) is 11.0. The van der Waals surface area contributed by atoms with Crippen molar-refractivity contribution in [2.75, 3.05) is 26.9 Å². The van der Waals surface area contributed by atoms with Crippen molar-refractivity contribution in [2.45, 2.75) is 33.2 Å². The number of benzene rings is 2. The number of rotatable bonds is 9. The maximum atomic E-state index is 13.1. The minimum absolute atomic E-state index is 0.0887. The van der Waals surface area contributed by atoms with E-state index in [1.807, 2.05) is 31.2 Å². The Morgan fingerprint density at radius 2 is 1.94 bits per heavy atom. The monoisotopic (exact) mass is 515 g/mol. The Hall–Kier alpha value is -2.64. The predicted octanol–water partition coefficient (Wildman–Crippen LogP) is 5.25. The van der Waals surface area contributed by atoms with Crippen molar-refractivity contribution in [1.29, 1.82) is 0 Å². The molecule has 0 radical (unpaired) electrons. The second-order valence-electron chi connectivity index (χ2n) is 8.58. The summed E-state index contributed by atoms with van der Waals surface area (Å²) >= 11 is 3.47. The first-order valence-corrected chi connectivity index (χ1v) is 11.8. The van der Waals surface area contributed by atoms with Crippen LogP contribution in [0.4, 0.5) is 0 Å². The lowest BCUT2D eigenvalue weighted by atomic mass is 9.94. The highest BCUT2D eigenvalue weighted by molar-refractivity contribution is 9.10. The number of halogens is 1. The van der Waals surface area contributed by atoms with E-state index in [0.29, 0.717) is 37.7 Å². The average Bonchev–Trinajstić information content (AvgIpc) is 3.03. The van der Waals surface area contributed by atoms with Gasteiger partial charge < -0.3 is 19.5 Å². The second-order valence-corrected chi connectivity index (χ2v) is 9.49. The Labute approximate surface area is 203 Å². The molecule has 1 atom stereocenters. The lowest BCUT2D eigenvalue weighted by molar-refractivity contribution is -0.140. The molecule has 1 amide bonds. The molecule has 0 saturated carbocycles. The van der Waals surface area contributed by atoms with Gasteiger partial charge in [-0.3, -0.25) is 9.59 Å². The van der Waals surface area contributed by atoms with Crippen LogP contribution in [0.3, 0.4) is 0 Å². The van der Waals surface area contributed by atoms with Gasteiger partial charge in [0.1, 0.15) is 11.5 Å². The SMILES string of the molecule is COCCCN1C(=O)C(=O)/C(=C(/O)c2ccc(OCC(C)C)c(C)c2)[C@H]1c1cccc(Br)c1. The molecular formula is C26H30BrNO5. The van der Waals surface area contributed by atoms with E-state index in [-0.39, 0.29) is 11.3 Å². The van der Waals surface area contributed by atoms with Crippen LogP contribution in [0.15, 0.2) is 52.5 Å². The quantitative estimate of drug-likeness (QED) is 0.213. The Kier molecular flexibility index (Phi) is 8.32. The molecule has 1 aliphatic heterocycles. The highest BCUT2D eigenvalue weighted by atomic mass is 79.9. The van der Waals surface area contributed by atoms with E-state index in [9.17, 15) is 14.7 Å². The molecule has 176 valence electrons. The van der Waals surface area contributed by atoms with Crippen LogP contribution in [-0.4, -0.2) is 48.6 Å². The molecule has 33 heavy (non-hydrogen) atoms. The average molecular weight is 516 g/mol. The van der Waals surface area contributed by atoms with Crippen LogP contribution in [0.5, 0.6) is 5.75 Å². The van der Waals surface area contributed by atoms with Gasteiger partial charge in [0, 0.05) is 30.3 Å². The van der Waals surface area contributed by atoms with Gasteiger partial charge in [-0.05, 0) is 60.7 Å². The standard InChI is InChI=1S/C26H30BrNO5/c1-16(2)15-33-21-10-9-19(13-17(21)3)24(29)22-23(18-7-5-8-20(27)14-18)28(11-6-12-32-4)26(31)25(22)30/h5,7-10,13-14,16,23,29H,6,11-12,15H2,1-4H3/b24-22+/t23-/m1/s1. The van der Waals surface area contributed by atoms with E-state index in [0.717, 1.165) is 21.3 Å². The van der Waals surface area contributed by atoms with Gasteiger partial charge in [0.05, 0.1) is 18.2 Å². The fraction of sp³-hybridized carbons (Fsp3) is 0.385. The summed E-state index contributed by atoms with van der Waals surface area (Å²) in [5, 5.41) is 11.2. The molecule has 7 heteroatoms. The van der Waals surface area contributed by atoms with Crippen LogP contribution < -0.4 is 4.74 Å². The van der Waals surface area contributed by atoms with Gasteiger partial charge in [0.2, 0.25) is 0 Å². The summed E-state index contributed by atoms with van der Waals surface area (Å²) in [4.78, 5) is 27.5. The molecular weight excluding hydrogens is 486 g/mol. The van der Waals surface area contributed by atoms with Gasteiger partial charge in [0.25, 0.3) is 11.7 Å². The number of methoxy groups -OCH3 is 1. The van der Waals surface area contributed by atoms with Gasteiger partial charge in [-0.15, -0.1) is 0 Å². The zero-order valence-corrected chi connectivity index (χ0v) is 21.0. The summed E-state index contributed by atoms with van der Waals surface area (Å²) in [5.74, 6) is -0.384. The topological polar surface area (TPSA) is 76.1 Å². The minimum Gasteiger partial charge on any atom is -0.507 e. The molecule has 2 aromatic carbocycles. The first kappa shape index (κ1) is 25.0. The van der Waals surface area contributed by atoms with Crippen LogP contribution in [0.1, 0.15) is 43.0 Å². The fourth-order valence-electron chi connectivity index (χ4n) is 3.88. The van der Waals surface area contributed by atoms with Crippen molar-refractivity contribution in [3.05, 3.63) is 69.2 Å². The van der Waals surface area contributed by atoms with Gasteiger partial charge in [0.15, 0.2) is 0 Å². The number of hydrogen-bond acceptors (Lipinski definition) is 5. The van der Waals surface area contributed by atoms with Crippen molar-refractivity contribution in [3.63, 3.8) is 0 Å². The number of aliphatic hydroxyl groups is 1. The Bertz CT molecular complexity index is 1060. The lowest BCUT2D eigenvalue weighted by Crippen LogP contribution is -2.31. The molecule has 0 aromatic heterocycles. The number of aryl methyl sites for hydroxylation is 1. The van der Waals surface area contributed by atoms with Crippen molar-refractivity contribution >= 4 is 33.4 Å². The van der Waals surface area contributed by atoms with Gasteiger partial charge >= 0.3 is 0 Å². The molecule has 1 saturated heterocycles. The number of hydrogen-bond donors (Lipinski definition) is 1. The number of ether oxygens (including phenoxy) is 2. The molecule has 6 nitrogen and oxygen atoms in total. The number of aliphatic hydroxyl groups excluding tert-OH is 1. The highest BCUT2D eigenvalue weighted by Crippen LogP contribution is 2.40. The summed E-state index contributed by atoms with van der Waals surface area (Å²) in [6.45, 7) is 7.42. The fourth-order valence-corrected chi connectivity index (χ4v) is 4.30. The molecule has 2 aromatic rings. The van der Waals surface area contributed by atoms with E-state index < -0.39 is 17.7 Å². The van der Waals surface area contributed by atoms with Crippen LogP contribution in [0, 0.1) is 12.8 Å². The summed E-state index contributed by atoms with van der Waals surface area (Å²) in [6, 6.07) is 12.0. The normalized spacial score (nSPS) is 17.8. The number of likely N-dealkylation sites (tertiary alicyclic amines) is 1. The molecule has 1 heterocycles. The molecule has 1 aliphatic rings. The van der Waals surface area contributed by atoms with Crippen molar-refractivity contribution in [3.8, 4) is 5.75 Å². The van der Waals surface area contributed by atoms with E-state index in [4.69, 9.17) is 9.47 Å².